The van der Waals surface area contributed by atoms with Crippen molar-refractivity contribution in [1.82, 2.24) is 0 Å². The van der Waals surface area contributed by atoms with E-state index in [1.165, 1.54) is 6.07 Å². The largest absolute Gasteiger partial charge is 0.497 e. The van der Waals surface area contributed by atoms with Crippen LogP contribution in [0.25, 0.3) is 0 Å². The quantitative estimate of drug-likeness (QED) is 0.912. The molecule has 2 aromatic carbocycles. The molecule has 0 aliphatic rings. The van der Waals surface area contributed by atoms with Gasteiger partial charge in [-0.05, 0) is 41.8 Å². The lowest BCUT2D eigenvalue weighted by molar-refractivity contribution is 0.178. The molecule has 0 spiro atoms. The minimum atomic E-state index is -0.705. The van der Waals surface area contributed by atoms with E-state index in [-0.39, 0.29) is 5.82 Å². The predicted octanol–water partition coefficient (Wildman–Crippen LogP) is 3.42. The van der Waals surface area contributed by atoms with E-state index in [0.717, 1.165) is 11.3 Å². The minimum Gasteiger partial charge on any atom is -0.497 e. The fourth-order valence-electron chi connectivity index (χ4n) is 1.92. The van der Waals surface area contributed by atoms with Gasteiger partial charge in [0.05, 0.1) is 13.2 Å². The standard InChI is InChI=1S/C16H17FO2/c1-11-3-6-13(10-15(11)17)16(18)9-12-4-7-14(19-2)8-5-12/h3-8,10,16,18H,9H2,1-2H3. The lowest BCUT2D eigenvalue weighted by Gasteiger charge is -2.12. The number of halogens is 1. The van der Waals surface area contributed by atoms with E-state index in [4.69, 9.17) is 4.74 Å². The topological polar surface area (TPSA) is 29.5 Å². The Labute approximate surface area is 112 Å². The highest BCUT2D eigenvalue weighted by atomic mass is 19.1. The van der Waals surface area contributed by atoms with Crippen molar-refractivity contribution >= 4 is 0 Å². The van der Waals surface area contributed by atoms with E-state index >= 15 is 0 Å². The number of aryl methyl sites for hydroxylation is 1. The Bertz CT molecular complexity index is 549. The van der Waals surface area contributed by atoms with Gasteiger partial charge in [0, 0.05) is 6.42 Å². The van der Waals surface area contributed by atoms with Gasteiger partial charge in [0.25, 0.3) is 0 Å². The van der Waals surface area contributed by atoms with Gasteiger partial charge in [-0.3, -0.25) is 0 Å². The van der Waals surface area contributed by atoms with Gasteiger partial charge in [0.2, 0.25) is 0 Å². The highest BCUT2D eigenvalue weighted by molar-refractivity contribution is 5.30. The van der Waals surface area contributed by atoms with E-state index in [9.17, 15) is 9.50 Å². The zero-order valence-electron chi connectivity index (χ0n) is 11.1. The molecule has 2 nitrogen and oxygen atoms in total. The predicted molar refractivity (Wildman–Crippen MR) is 72.8 cm³/mol. The van der Waals surface area contributed by atoms with Crippen LogP contribution in [0.2, 0.25) is 0 Å². The van der Waals surface area contributed by atoms with Crippen LogP contribution in [-0.4, -0.2) is 12.2 Å². The summed E-state index contributed by atoms with van der Waals surface area (Å²) in [5.41, 5.74) is 2.16. The molecule has 0 radical (unpaired) electrons. The summed E-state index contributed by atoms with van der Waals surface area (Å²) in [5.74, 6) is 0.492. The highest BCUT2D eigenvalue weighted by Crippen LogP contribution is 2.21. The fraction of sp³-hybridized carbons (Fsp3) is 0.250. The molecule has 2 aromatic rings. The molecule has 0 aliphatic heterocycles. The first kappa shape index (κ1) is 13.6. The zero-order valence-corrected chi connectivity index (χ0v) is 11.1. The number of hydrogen-bond donors (Lipinski definition) is 1. The maximum absolute atomic E-state index is 13.4. The molecule has 0 saturated heterocycles. The molecule has 19 heavy (non-hydrogen) atoms. The zero-order chi connectivity index (χ0) is 13.8. The summed E-state index contributed by atoms with van der Waals surface area (Å²) in [5, 5.41) is 10.1. The van der Waals surface area contributed by atoms with Crippen molar-refractivity contribution in [3.05, 3.63) is 65.0 Å². The molecule has 1 unspecified atom stereocenters. The summed E-state index contributed by atoms with van der Waals surface area (Å²) in [4.78, 5) is 0. The van der Waals surface area contributed by atoms with Gasteiger partial charge in [-0.25, -0.2) is 4.39 Å². The first-order chi connectivity index (χ1) is 9.10. The van der Waals surface area contributed by atoms with Crippen molar-refractivity contribution in [3.63, 3.8) is 0 Å². The number of aliphatic hydroxyl groups excluding tert-OH is 1. The van der Waals surface area contributed by atoms with Crippen molar-refractivity contribution in [1.29, 1.82) is 0 Å². The van der Waals surface area contributed by atoms with Gasteiger partial charge in [-0.1, -0.05) is 24.3 Å². The summed E-state index contributed by atoms with van der Waals surface area (Å²) in [6.45, 7) is 1.70. The van der Waals surface area contributed by atoms with Crippen LogP contribution >= 0.6 is 0 Å². The second-order valence-corrected chi connectivity index (χ2v) is 4.58. The molecule has 0 aromatic heterocycles. The van der Waals surface area contributed by atoms with Gasteiger partial charge >= 0.3 is 0 Å². The van der Waals surface area contributed by atoms with Crippen molar-refractivity contribution < 1.29 is 14.2 Å². The summed E-state index contributed by atoms with van der Waals surface area (Å²) in [6.07, 6.45) is -0.254. The summed E-state index contributed by atoms with van der Waals surface area (Å²) < 4.78 is 18.5. The number of aliphatic hydroxyl groups is 1. The average Bonchev–Trinajstić information content (AvgIpc) is 2.42. The smallest absolute Gasteiger partial charge is 0.126 e. The van der Waals surface area contributed by atoms with Crippen LogP contribution in [0.4, 0.5) is 4.39 Å². The number of rotatable bonds is 4. The minimum absolute atomic E-state index is 0.286. The van der Waals surface area contributed by atoms with Crippen molar-refractivity contribution in [2.45, 2.75) is 19.4 Å². The van der Waals surface area contributed by atoms with Gasteiger partial charge in [-0.15, -0.1) is 0 Å². The van der Waals surface area contributed by atoms with Gasteiger partial charge in [0.1, 0.15) is 11.6 Å². The highest BCUT2D eigenvalue weighted by Gasteiger charge is 2.10. The lowest BCUT2D eigenvalue weighted by atomic mass is 10.0. The Morgan fingerprint density at radius 2 is 1.84 bits per heavy atom. The molecule has 0 amide bonds. The Morgan fingerprint density at radius 1 is 1.16 bits per heavy atom. The van der Waals surface area contributed by atoms with Crippen molar-refractivity contribution in [3.8, 4) is 5.75 Å². The normalized spacial score (nSPS) is 12.2. The summed E-state index contributed by atoms with van der Waals surface area (Å²) in [6, 6.07) is 12.3. The Balaban J connectivity index is 2.10. The first-order valence-corrected chi connectivity index (χ1v) is 6.17. The lowest BCUT2D eigenvalue weighted by Crippen LogP contribution is -2.02. The van der Waals surface area contributed by atoms with Crippen LogP contribution in [0.5, 0.6) is 5.75 Å². The molecule has 2 rings (SSSR count). The average molecular weight is 260 g/mol. The third-order valence-corrected chi connectivity index (χ3v) is 3.17. The molecule has 0 bridgehead atoms. The monoisotopic (exact) mass is 260 g/mol. The molecule has 0 heterocycles. The summed E-state index contributed by atoms with van der Waals surface area (Å²) in [7, 11) is 1.61. The SMILES string of the molecule is COc1ccc(CC(O)c2ccc(C)c(F)c2)cc1. The molecule has 1 atom stereocenters. The third-order valence-electron chi connectivity index (χ3n) is 3.17. The van der Waals surface area contributed by atoms with Crippen LogP contribution < -0.4 is 4.74 Å². The Kier molecular flexibility index (Phi) is 4.17. The van der Waals surface area contributed by atoms with Crippen LogP contribution in [-0.2, 0) is 6.42 Å². The van der Waals surface area contributed by atoms with Gasteiger partial charge < -0.3 is 9.84 Å². The summed E-state index contributed by atoms with van der Waals surface area (Å²) >= 11 is 0. The fourth-order valence-corrected chi connectivity index (χ4v) is 1.92. The molecule has 0 fully saturated rings. The third kappa shape index (κ3) is 3.32. The van der Waals surface area contributed by atoms with Crippen LogP contribution in [0, 0.1) is 12.7 Å². The van der Waals surface area contributed by atoms with E-state index in [0.29, 0.717) is 17.5 Å². The number of benzene rings is 2. The molecule has 3 heteroatoms. The molecular formula is C16H17FO2. The van der Waals surface area contributed by atoms with E-state index in [1.807, 2.05) is 24.3 Å². The first-order valence-electron chi connectivity index (χ1n) is 6.17. The van der Waals surface area contributed by atoms with Crippen LogP contribution in [0.15, 0.2) is 42.5 Å². The van der Waals surface area contributed by atoms with E-state index in [1.54, 1.807) is 26.2 Å². The second kappa shape index (κ2) is 5.85. The van der Waals surface area contributed by atoms with Crippen LogP contribution in [0.3, 0.4) is 0 Å². The molecule has 1 N–H and O–H groups in total. The van der Waals surface area contributed by atoms with Gasteiger partial charge in [-0.2, -0.15) is 0 Å². The second-order valence-electron chi connectivity index (χ2n) is 4.58. The van der Waals surface area contributed by atoms with Gasteiger partial charge in [0.15, 0.2) is 0 Å². The number of methoxy groups -OCH3 is 1. The Hall–Kier alpha value is -1.87. The van der Waals surface area contributed by atoms with E-state index < -0.39 is 6.10 Å². The molecule has 0 aliphatic carbocycles. The Morgan fingerprint density at radius 3 is 2.42 bits per heavy atom. The van der Waals surface area contributed by atoms with E-state index in [2.05, 4.69) is 0 Å². The van der Waals surface area contributed by atoms with Crippen LogP contribution in [0.1, 0.15) is 22.8 Å². The maximum Gasteiger partial charge on any atom is 0.126 e. The maximum atomic E-state index is 13.4. The molecular weight excluding hydrogens is 243 g/mol. The number of ether oxygens (including phenoxy) is 1. The van der Waals surface area contributed by atoms with Crippen molar-refractivity contribution in [2.75, 3.05) is 7.11 Å². The van der Waals surface area contributed by atoms with Crippen molar-refractivity contribution in [2.24, 2.45) is 0 Å². The molecule has 0 saturated carbocycles. The molecule has 100 valence electrons. The number of hydrogen-bond acceptors (Lipinski definition) is 2.